The Morgan fingerprint density at radius 3 is 2.62 bits per heavy atom. The van der Waals surface area contributed by atoms with Crippen LogP contribution in [0, 0.1) is 5.92 Å². The highest BCUT2D eigenvalue weighted by Crippen LogP contribution is 2.32. The van der Waals surface area contributed by atoms with Crippen LogP contribution in [0.5, 0.6) is 5.75 Å². The van der Waals surface area contributed by atoms with Crippen LogP contribution in [0.25, 0.3) is 0 Å². The van der Waals surface area contributed by atoms with E-state index in [1.165, 1.54) is 16.4 Å². The molecule has 1 N–H and O–H groups in total. The monoisotopic (exact) mass is 382 g/mol. The van der Waals surface area contributed by atoms with Gasteiger partial charge in [0, 0.05) is 19.0 Å². The summed E-state index contributed by atoms with van der Waals surface area (Å²) in [5.74, 6) is 0.410. The SMILES string of the molecule is CCOc1ccc(S(=O)(=O)N2CCOCC2)cc1NC(=O)C1CCCC1. The number of ether oxygens (including phenoxy) is 2. The van der Waals surface area contributed by atoms with Crippen LogP contribution >= 0.6 is 0 Å². The lowest BCUT2D eigenvalue weighted by Gasteiger charge is -2.26. The maximum absolute atomic E-state index is 12.9. The summed E-state index contributed by atoms with van der Waals surface area (Å²) >= 11 is 0. The first kappa shape index (κ1) is 19.1. The third kappa shape index (κ3) is 4.19. The molecule has 1 aromatic rings. The number of morpholine rings is 1. The summed E-state index contributed by atoms with van der Waals surface area (Å²) in [5, 5.41) is 2.88. The van der Waals surface area contributed by atoms with Gasteiger partial charge in [0.05, 0.1) is 30.4 Å². The Bertz CT molecular complexity index is 738. The second-order valence-corrected chi connectivity index (χ2v) is 8.52. The normalized spacial score (nSPS) is 19.4. The van der Waals surface area contributed by atoms with Gasteiger partial charge >= 0.3 is 0 Å². The minimum Gasteiger partial charge on any atom is -0.492 e. The summed E-state index contributed by atoms with van der Waals surface area (Å²) in [5.41, 5.74) is 0.415. The predicted octanol–water partition coefficient (Wildman–Crippen LogP) is 2.23. The second kappa shape index (κ2) is 8.37. The van der Waals surface area contributed by atoms with Gasteiger partial charge in [-0.05, 0) is 38.0 Å². The van der Waals surface area contributed by atoms with Crippen LogP contribution < -0.4 is 10.1 Å². The van der Waals surface area contributed by atoms with Crippen LogP contribution in [0.1, 0.15) is 32.6 Å². The van der Waals surface area contributed by atoms with Crippen molar-refractivity contribution in [2.45, 2.75) is 37.5 Å². The first-order chi connectivity index (χ1) is 12.5. The number of nitrogens with one attached hydrogen (secondary N) is 1. The molecule has 2 fully saturated rings. The molecule has 3 rings (SSSR count). The number of anilines is 1. The number of hydrogen-bond donors (Lipinski definition) is 1. The van der Waals surface area contributed by atoms with E-state index in [0.717, 1.165) is 25.7 Å². The van der Waals surface area contributed by atoms with E-state index in [2.05, 4.69) is 5.32 Å². The highest BCUT2D eigenvalue weighted by atomic mass is 32.2. The minimum absolute atomic E-state index is 0.0102. The topological polar surface area (TPSA) is 84.9 Å². The third-order valence-electron chi connectivity index (χ3n) is 4.84. The first-order valence-electron chi connectivity index (χ1n) is 9.18. The van der Waals surface area contributed by atoms with Gasteiger partial charge in [0.25, 0.3) is 0 Å². The van der Waals surface area contributed by atoms with Crippen LogP contribution in [0.2, 0.25) is 0 Å². The number of benzene rings is 1. The molecule has 1 aliphatic carbocycles. The van der Waals surface area contributed by atoms with Crippen molar-refractivity contribution in [2.24, 2.45) is 5.92 Å². The van der Waals surface area contributed by atoms with Crippen LogP contribution in [0.3, 0.4) is 0 Å². The van der Waals surface area contributed by atoms with Crippen molar-refractivity contribution in [3.8, 4) is 5.75 Å². The predicted molar refractivity (Wildman–Crippen MR) is 97.8 cm³/mol. The molecule has 8 heteroatoms. The van der Waals surface area contributed by atoms with Gasteiger partial charge < -0.3 is 14.8 Å². The van der Waals surface area contributed by atoms with Crippen molar-refractivity contribution in [2.75, 3.05) is 38.2 Å². The Kier molecular flexibility index (Phi) is 6.16. The van der Waals surface area contributed by atoms with Gasteiger partial charge in [-0.15, -0.1) is 0 Å². The molecule has 1 aromatic carbocycles. The number of amides is 1. The molecule has 0 spiro atoms. The van der Waals surface area contributed by atoms with E-state index in [4.69, 9.17) is 9.47 Å². The number of nitrogens with zero attached hydrogens (tertiary/aromatic N) is 1. The lowest BCUT2D eigenvalue weighted by atomic mass is 10.1. The highest BCUT2D eigenvalue weighted by Gasteiger charge is 2.28. The van der Waals surface area contributed by atoms with Crippen molar-refractivity contribution in [3.63, 3.8) is 0 Å². The average molecular weight is 382 g/mol. The van der Waals surface area contributed by atoms with Gasteiger partial charge in [-0.25, -0.2) is 8.42 Å². The van der Waals surface area contributed by atoms with Crippen LogP contribution in [0.4, 0.5) is 5.69 Å². The zero-order chi connectivity index (χ0) is 18.6. The third-order valence-corrected chi connectivity index (χ3v) is 6.74. The van der Waals surface area contributed by atoms with E-state index in [1.807, 2.05) is 6.92 Å². The molecule has 0 bridgehead atoms. The van der Waals surface area contributed by atoms with Gasteiger partial charge in [0.15, 0.2) is 0 Å². The lowest BCUT2D eigenvalue weighted by molar-refractivity contribution is -0.119. The van der Waals surface area contributed by atoms with Crippen LogP contribution in [-0.4, -0.2) is 51.5 Å². The summed E-state index contributed by atoms with van der Waals surface area (Å²) in [6.45, 7) is 3.73. The van der Waals surface area contributed by atoms with Gasteiger partial charge in [-0.3, -0.25) is 4.79 Å². The molecule has 0 radical (unpaired) electrons. The quantitative estimate of drug-likeness (QED) is 0.816. The van der Waals surface area contributed by atoms with Gasteiger partial charge in [0.1, 0.15) is 5.75 Å². The fourth-order valence-electron chi connectivity index (χ4n) is 3.41. The Morgan fingerprint density at radius 1 is 1.27 bits per heavy atom. The smallest absolute Gasteiger partial charge is 0.243 e. The van der Waals surface area contributed by atoms with E-state index in [1.54, 1.807) is 6.07 Å². The fourth-order valence-corrected chi connectivity index (χ4v) is 4.84. The first-order valence-corrected chi connectivity index (χ1v) is 10.6. The molecule has 7 nitrogen and oxygen atoms in total. The summed E-state index contributed by atoms with van der Waals surface area (Å²) in [6.07, 6.45) is 3.87. The molecule has 1 aliphatic heterocycles. The number of hydrogen-bond acceptors (Lipinski definition) is 5. The summed E-state index contributed by atoms with van der Waals surface area (Å²) in [6, 6.07) is 4.64. The van der Waals surface area contributed by atoms with E-state index in [9.17, 15) is 13.2 Å². The lowest BCUT2D eigenvalue weighted by Crippen LogP contribution is -2.40. The van der Waals surface area contributed by atoms with Crippen molar-refractivity contribution >= 4 is 21.6 Å². The van der Waals surface area contributed by atoms with E-state index in [-0.39, 0.29) is 16.7 Å². The Hall–Kier alpha value is -1.64. The summed E-state index contributed by atoms with van der Waals surface area (Å²) in [4.78, 5) is 12.6. The van der Waals surface area contributed by atoms with Crippen LogP contribution in [-0.2, 0) is 19.6 Å². The van der Waals surface area contributed by atoms with Crippen molar-refractivity contribution in [1.82, 2.24) is 4.31 Å². The molecule has 0 aromatic heterocycles. The van der Waals surface area contributed by atoms with Gasteiger partial charge in [-0.1, -0.05) is 12.8 Å². The van der Waals surface area contributed by atoms with E-state index < -0.39 is 10.0 Å². The molecule has 1 heterocycles. The number of rotatable bonds is 6. The Morgan fingerprint density at radius 2 is 1.96 bits per heavy atom. The molecule has 1 saturated carbocycles. The molecule has 1 saturated heterocycles. The number of carbonyl (C=O) groups is 1. The number of carbonyl (C=O) groups excluding carboxylic acids is 1. The van der Waals surface area contributed by atoms with Crippen molar-refractivity contribution < 1.29 is 22.7 Å². The maximum atomic E-state index is 12.9. The van der Waals surface area contributed by atoms with Gasteiger partial charge in [-0.2, -0.15) is 4.31 Å². The molecule has 1 amide bonds. The van der Waals surface area contributed by atoms with E-state index in [0.29, 0.717) is 44.3 Å². The largest absolute Gasteiger partial charge is 0.492 e. The molecular weight excluding hydrogens is 356 g/mol. The standard InChI is InChI=1S/C18H26N2O5S/c1-2-25-17-8-7-15(26(22,23)20-9-11-24-12-10-20)13-16(17)19-18(21)14-5-3-4-6-14/h7-8,13-14H,2-6,9-12H2,1H3,(H,19,21). The van der Waals surface area contributed by atoms with Crippen molar-refractivity contribution in [3.05, 3.63) is 18.2 Å². The zero-order valence-electron chi connectivity index (χ0n) is 15.1. The minimum atomic E-state index is -3.62. The average Bonchev–Trinajstić information content (AvgIpc) is 3.19. The molecule has 2 aliphatic rings. The van der Waals surface area contributed by atoms with E-state index >= 15 is 0 Å². The molecule has 0 unspecified atom stereocenters. The molecule has 0 atom stereocenters. The van der Waals surface area contributed by atoms with Gasteiger partial charge in [0.2, 0.25) is 15.9 Å². The maximum Gasteiger partial charge on any atom is 0.243 e. The summed E-state index contributed by atoms with van der Waals surface area (Å²) in [7, 11) is -3.62. The molecule has 144 valence electrons. The second-order valence-electron chi connectivity index (χ2n) is 6.58. The zero-order valence-corrected chi connectivity index (χ0v) is 15.9. The molecule has 26 heavy (non-hydrogen) atoms. The summed E-state index contributed by atoms with van der Waals surface area (Å²) < 4.78 is 37.9. The Balaban J connectivity index is 1.86. The molecular formula is C18H26N2O5S. The van der Waals surface area contributed by atoms with Crippen LogP contribution in [0.15, 0.2) is 23.1 Å². The van der Waals surface area contributed by atoms with Crippen molar-refractivity contribution in [1.29, 1.82) is 0 Å². The number of sulfonamides is 1. The Labute approximate surface area is 154 Å². The highest BCUT2D eigenvalue weighted by molar-refractivity contribution is 7.89. The fraction of sp³-hybridized carbons (Fsp3) is 0.611.